The zero-order chi connectivity index (χ0) is 23.9. The Labute approximate surface area is 209 Å². The quantitative estimate of drug-likeness (QED) is 0.269. The van der Waals surface area contributed by atoms with Crippen molar-refractivity contribution >= 4 is 44.0 Å². The SMILES string of the molecule is c1ccc(-c2cc(-c3ccc4[nH]c5ccccc5c4c3)ccc2Nc2ccc3ccccc3c2)cc1. The number of benzene rings is 6. The first-order chi connectivity index (χ1) is 17.8. The Balaban J connectivity index is 1.34. The molecular weight excluding hydrogens is 436 g/mol. The number of hydrogen-bond donors (Lipinski definition) is 2. The van der Waals surface area contributed by atoms with E-state index >= 15 is 0 Å². The van der Waals surface area contributed by atoms with Crippen LogP contribution in [-0.4, -0.2) is 4.98 Å². The summed E-state index contributed by atoms with van der Waals surface area (Å²) in [6, 6.07) is 47.5. The van der Waals surface area contributed by atoms with Gasteiger partial charge in [-0.2, -0.15) is 0 Å². The van der Waals surface area contributed by atoms with Gasteiger partial charge in [0.1, 0.15) is 0 Å². The van der Waals surface area contributed by atoms with Crippen LogP contribution in [0.2, 0.25) is 0 Å². The molecule has 0 bridgehead atoms. The third-order valence-electron chi connectivity index (χ3n) is 6.97. The summed E-state index contributed by atoms with van der Waals surface area (Å²) < 4.78 is 0. The van der Waals surface area contributed by atoms with Gasteiger partial charge >= 0.3 is 0 Å². The lowest BCUT2D eigenvalue weighted by Gasteiger charge is -2.15. The zero-order valence-corrected chi connectivity index (χ0v) is 19.7. The minimum atomic E-state index is 1.08. The van der Waals surface area contributed by atoms with Gasteiger partial charge < -0.3 is 10.3 Å². The molecule has 0 aliphatic rings. The smallest absolute Gasteiger partial charge is 0.0465 e. The Kier molecular flexibility index (Phi) is 4.82. The molecule has 0 saturated heterocycles. The number of H-pyrrole nitrogens is 1. The van der Waals surface area contributed by atoms with Crippen molar-refractivity contribution in [2.24, 2.45) is 0 Å². The molecule has 2 nitrogen and oxygen atoms in total. The number of para-hydroxylation sites is 1. The van der Waals surface area contributed by atoms with E-state index in [4.69, 9.17) is 0 Å². The molecule has 36 heavy (non-hydrogen) atoms. The molecule has 0 spiro atoms. The normalized spacial score (nSPS) is 11.3. The fourth-order valence-electron chi connectivity index (χ4n) is 5.14. The van der Waals surface area contributed by atoms with E-state index in [9.17, 15) is 0 Å². The van der Waals surface area contributed by atoms with Gasteiger partial charge in [0.2, 0.25) is 0 Å². The summed E-state index contributed by atoms with van der Waals surface area (Å²) in [5.74, 6) is 0. The zero-order valence-electron chi connectivity index (χ0n) is 19.7. The van der Waals surface area contributed by atoms with Crippen LogP contribution in [0, 0.1) is 0 Å². The largest absolute Gasteiger partial charge is 0.355 e. The van der Waals surface area contributed by atoms with E-state index in [2.05, 4.69) is 144 Å². The summed E-state index contributed by atoms with van der Waals surface area (Å²) in [7, 11) is 0. The minimum absolute atomic E-state index is 1.08. The standard InChI is InChI=1S/C34H24N2/c1-2-9-24(10-3-1)30-21-26(27-16-19-34-31(22-27)29-12-6-7-13-32(29)36-34)15-18-33(30)35-28-17-14-23-8-4-5-11-25(23)20-28/h1-22,35-36H. The monoisotopic (exact) mass is 460 g/mol. The van der Waals surface area contributed by atoms with Gasteiger partial charge in [0.25, 0.3) is 0 Å². The van der Waals surface area contributed by atoms with E-state index in [0.29, 0.717) is 0 Å². The summed E-state index contributed by atoms with van der Waals surface area (Å²) in [5.41, 5.74) is 9.29. The lowest BCUT2D eigenvalue weighted by molar-refractivity contribution is 1.53. The van der Waals surface area contributed by atoms with Crippen LogP contribution in [0.4, 0.5) is 11.4 Å². The first-order valence-corrected chi connectivity index (χ1v) is 12.3. The number of aromatic amines is 1. The fourth-order valence-corrected chi connectivity index (χ4v) is 5.14. The van der Waals surface area contributed by atoms with Gasteiger partial charge in [-0.1, -0.05) is 91.0 Å². The fraction of sp³-hybridized carbons (Fsp3) is 0. The average Bonchev–Trinajstić information content (AvgIpc) is 3.32. The Morgan fingerprint density at radius 3 is 2.08 bits per heavy atom. The van der Waals surface area contributed by atoms with Gasteiger partial charge in [0.15, 0.2) is 0 Å². The highest BCUT2D eigenvalue weighted by Crippen LogP contribution is 2.36. The van der Waals surface area contributed by atoms with E-state index in [1.807, 2.05) is 0 Å². The molecule has 1 heterocycles. The highest BCUT2D eigenvalue weighted by Gasteiger charge is 2.11. The third-order valence-corrected chi connectivity index (χ3v) is 6.97. The van der Waals surface area contributed by atoms with Crippen molar-refractivity contribution in [1.29, 1.82) is 0 Å². The predicted molar refractivity (Wildman–Crippen MR) is 154 cm³/mol. The molecule has 0 aliphatic carbocycles. The van der Waals surface area contributed by atoms with E-state index in [-0.39, 0.29) is 0 Å². The Bertz CT molecular complexity index is 1860. The van der Waals surface area contributed by atoms with Gasteiger partial charge in [0.05, 0.1) is 0 Å². The van der Waals surface area contributed by atoms with E-state index < -0.39 is 0 Å². The number of rotatable bonds is 4. The number of hydrogen-bond acceptors (Lipinski definition) is 1. The summed E-state index contributed by atoms with van der Waals surface area (Å²) >= 11 is 0. The Hall–Kier alpha value is -4.82. The lowest BCUT2D eigenvalue weighted by Crippen LogP contribution is -1.94. The number of fused-ring (bicyclic) bond motifs is 4. The molecule has 7 rings (SSSR count). The van der Waals surface area contributed by atoms with Gasteiger partial charge in [-0.15, -0.1) is 0 Å². The predicted octanol–water partition coefficient (Wildman–Crippen LogP) is 9.55. The molecule has 0 radical (unpaired) electrons. The van der Waals surface area contributed by atoms with Gasteiger partial charge in [-0.05, 0) is 69.9 Å². The van der Waals surface area contributed by atoms with Crippen LogP contribution in [-0.2, 0) is 0 Å². The highest BCUT2D eigenvalue weighted by molar-refractivity contribution is 6.08. The molecule has 0 atom stereocenters. The summed E-state index contributed by atoms with van der Waals surface area (Å²) in [5, 5.41) is 8.67. The van der Waals surface area contributed by atoms with E-state index in [0.717, 1.165) is 16.9 Å². The second-order valence-electron chi connectivity index (χ2n) is 9.24. The van der Waals surface area contributed by atoms with Crippen LogP contribution in [0.15, 0.2) is 133 Å². The van der Waals surface area contributed by atoms with Crippen molar-refractivity contribution < 1.29 is 0 Å². The Morgan fingerprint density at radius 1 is 0.444 bits per heavy atom. The maximum absolute atomic E-state index is 3.69. The van der Waals surface area contributed by atoms with Crippen LogP contribution in [0.5, 0.6) is 0 Å². The lowest BCUT2D eigenvalue weighted by atomic mass is 9.96. The van der Waals surface area contributed by atoms with Gasteiger partial charge in [-0.3, -0.25) is 0 Å². The maximum Gasteiger partial charge on any atom is 0.0465 e. The number of aromatic nitrogens is 1. The highest BCUT2D eigenvalue weighted by atomic mass is 14.9. The molecule has 0 amide bonds. The van der Waals surface area contributed by atoms with Crippen LogP contribution in [0.3, 0.4) is 0 Å². The molecule has 6 aromatic carbocycles. The first kappa shape index (κ1) is 20.5. The van der Waals surface area contributed by atoms with Crippen molar-refractivity contribution in [3.05, 3.63) is 133 Å². The average molecular weight is 461 g/mol. The molecule has 0 aliphatic heterocycles. The molecule has 170 valence electrons. The minimum Gasteiger partial charge on any atom is -0.355 e. The second kappa shape index (κ2) is 8.44. The van der Waals surface area contributed by atoms with Crippen molar-refractivity contribution in [3.63, 3.8) is 0 Å². The van der Waals surface area contributed by atoms with Crippen molar-refractivity contribution in [3.8, 4) is 22.3 Å². The molecule has 7 aromatic rings. The number of anilines is 2. The maximum atomic E-state index is 3.69. The molecule has 1 aromatic heterocycles. The van der Waals surface area contributed by atoms with E-state index in [1.54, 1.807) is 0 Å². The van der Waals surface area contributed by atoms with Crippen LogP contribution in [0.1, 0.15) is 0 Å². The van der Waals surface area contributed by atoms with Gasteiger partial charge in [-0.25, -0.2) is 0 Å². The van der Waals surface area contributed by atoms with Crippen molar-refractivity contribution in [1.82, 2.24) is 4.98 Å². The first-order valence-electron chi connectivity index (χ1n) is 12.3. The Morgan fingerprint density at radius 2 is 1.17 bits per heavy atom. The van der Waals surface area contributed by atoms with E-state index in [1.165, 1.54) is 49.3 Å². The van der Waals surface area contributed by atoms with Crippen LogP contribution in [0.25, 0.3) is 54.8 Å². The molecule has 0 fully saturated rings. The van der Waals surface area contributed by atoms with Crippen LogP contribution < -0.4 is 5.32 Å². The molecule has 2 N–H and O–H groups in total. The van der Waals surface area contributed by atoms with Crippen molar-refractivity contribution in [2.45, 2.75) is 0 Å². The molecule has 0 saturated carbocycles. The topological polar surface area (TPSA) is 27.8 Å². The molecule has 2 heteroatoms. The number of nitrogens with one attached hydrogen (secondary N) is 2. The van der Waals surface area contributed by atoms with Crippen molar-refractivity contribution in [2.75, 3.05) is 5.32 Å². The second-order valence-corrected chi connectivity index (χ2v) is 9.24. The van der Waals surface area contributed by atoms with Gasteiger partial charge in [0, 0.05) is 38.7 Å². The summed E-state index contributed by atoms with van der Waals surface area (Å²) in [4.78, 5) is 3.53. The molecular formula is C34H24N2. The molecule has 0 unspecified atom stereocenters. The summed E-state index contributed by atoms with van der Waals surface area (Å²) in [6.45, 7) is 0. The third kappa shape index (κ3) is 3.60. The van der Waals surface area contributed by atoms with Crippen LogP contribution >= 0.6 is 0 Å². The summed E-state index contributed by atoms with van der Waals surface area (Å²) in [6.07, 6.45) is 0.